The standard InChI is InChI=1S/C18H25N3O2.ClH/c1-11-9-14(10-12(2)19-11)13-3-5-15(6-4-13)20-16-7-8-17(22)21-18(16)23;/h3-6,11-12,14,16,19-20H,7-10H2,1-2H3,(H,21,22,23);1H/t11-,12+,14?,16?;. The molecule has 0 aromatic heterocycles. The van der Waals surface area contributed by atoms with Gasteiger partial charge in [-0.3, -0.25) is 14.9 Å². The fourth-order valence-electron chi connectivity index (χ4n) is 3.73. The molecular formula is C18H26ClN3O2. The van der Waals surface area contributed by atoms with Crippen LogP contribution in [0.2, 0.25) is 0 Å². The van der Waals surface area contributed by atoms with Crippen molar-refractivity contribution in [2.24, 2.45) is 0 Å². The van der Waals surface area contributed by atoms with E-state index < -0.39 is 0 Å². The lowest BCUT2D eigenvalue weighted by Gasteiger charge is -2.33. The summed E-state index contributed by atoms with van der Waals surface area (Å²) < 4.78 is 0. The van der Waals surface area contributed by atoms with Gasteiger partial charge in [0.25, 0.3) is 0 Å². The van der Waals surface area contributed by atoms with E-state index in [0.29, 0.717) is 30.8 Å². The van der Waals surface area contributed by atoms with Gasteiger partial charge in [-0.2, -0.15) is 0 Å². The molecule has 6 heteroatoms. The van der Waals surface area contributed by atoms with Crippen LogP contribution in [0.15, 0.2) is 24.3 Å². The number of amides is 2. The summed E-state index contributed by atoms with van der Waals surface area (Å²) in [6.45, 7) is 4.48. The molecule has 3 rings (SSSR count). The molecule has 2 aliphatic heterocycles. The number of hydrogen-bond donors (Lipinski definition) is 3. The lowest BCUT2D eigenvalue weighted by Crippen LogP contribution is -2.47. The van der Waals surface area contributed by atoms with E-state index in [1.165, 1.54) is 5.56 Å². The highest BCUT2D eigenvalue weighted by Crippen LogP contribution is 2.31. The number of imide groups is 1. The van der Waals surface area contributed by atoms with Crippen LogP contribution in [0.3, 0.4) is 0 Å². The lowest BCUT2D eigenvalue weighted by molar-refractivity contribution is -0.133. The number of piperidine rings is 2. The second-order valence-corrected chi connectivity index (χ2v) is 6.91. The lowest BCUT2D eigenvalue weighted by atomic mass is 9.84. The molecule has 0 aliphatic carbocycles. The topological polar surface area (TPSA) is 70.2 Å². The number of carbonyl (C=O) groups is 2. The zero-order chi connectivity index (χ0) is 16.4. The van der Waals surface area contributed by atoms with Crippen LogP contribution in [0.1, 0.15) is 51.0 Å². The Balaban J connectivity index is 0.00000208. The first kappa shape index (κ1) is 18.7. The predicted molar refractivity (Wildman–Crippen MR) is 97.5 cm³/mol. The number of hydrogen-bond acceptors (Lipinski definition) is 4. The van der Waals surface area contributed by atoms with Gasteiger partial charge < -0.3 is 10.6 Å². The van der Waals surface area contributed by atoms with E-state index in [0.717, 1.165) is 18.5 Å². The van der Waals surface area contributed by atoms with Crippen molar-refractivity contribution in [2.45, 2.75) is 63.6 Å². The Kier molecular flexibility index (Phi) is 6.24. The summed E-state index contributed by atoms with van der Waals surface area (Å²) >= 11 is 0. The van der Waals surface area contributed by atoms with E-state index in [1.54, 1.807) is 0 Å². The van der Waals surface area contributed by atoms with Crippen LogP contribution >= 0.6 is 12.4 Å². The molecule has 2 amide bonds. The van der Waals surface area contributed by atoms with E-state index in [2.05, 4.69) is 41.9 Å². The molecule has 1 aromatic rings. The van der Waals surface area contributed by atoms with E-state index >= 15 is 0 Å². The molecule has 24 heavy (non-hydrogen) atoms. The average Bonchev–Trinajstić information content (AvgIpc) is 2.50. The highest BCUT2D eigenvalue weighted by atomic mass is 35.5. The van der Waals surface area contributed by atoms with Gasteiger partial charge >= 0.3 is 0 Å². The van der Waals surface area contributed by atoms with E-state index in [4.69, 9.17) is 0 Å². The van der Waals surface area contributed by atoms with Gasteiger partial charge in [-0.15, -0.1) is 12.4 Å². The first-order chi connectivity index (χ1) is 11.0. The van der Waals surface area contributed by atoms with Crippen molar-refractivity contribution in [3.05, 3.63) is 29.8 Å². The Bertz CT molecular complexity index is 580. The van der Waals surface area contributed by atoms with Gasteiger partial charge in [0.05, 0.1) is 0 Å². The van der Waals surface area contributed by atoms with Crippen LogP contribution < -0.4 is 16.0 Å². The van der Waals surface area contributed by atoms with Gasteiger partial charge in [-0.1, -0.05) is 12.1 Å². The molecule has 2 aliphatic rings. The highest BCUT2D eigenvalue weighted by molar-refractivity contribution is 6.01. The highest BCUT2D eigenvalue weighted by Gasteiger charge is 2.27. The quantitative estimate of drug-likeness (QED) is 0.732. The predicted octanol–water partition coefficient (Wildman–Crippen LogP) is 2.57. The monoisotopic (exact) mass is 351 g/mol. The number of halogens is 1. The Hall–Kier alpha value is -1.59. The second-order valence-electron chi connectivity index (χ2n) is 6.91. The molecule has 2 heterocycles. The van der Waals surface area contributed by atoms with Crippen molar-refractivity contribution in [3.63, 3.8) is 0 Å². The Morgan fingerprint density at radius 2 is 1.67 bits per heavy atom. The van der Waals surface area contributed by atoms with Gasteiger partial charge in [0, 0.05) is 24.2 Å². The second kappa shape index (κ2) is 7.99. The third-order valence-corrected chi connectivity index (χ3v) is 4.81. The maximum atomic E-state index is 11.8. The average molecular weight is 352 g/mol. The van der Waals surface area contributed by atoms with Crippen LogP contribution in [-0.2, 0) is 9.59 Å². The minimum Gasteiger partial charge on any atom is -0.374 e. The Morgan fingerprint density at radius 3 is 2.25 bits per heavy atom. The van der Waals surface area contributed by atoms with E-state index in [1.807, 2.05) is 12.1 Å². The first-order valence-electron chi connectivity index (χ1n) is 8.47. The number of carbonyl (C=O) groups excluding carboxylic acids is 2. The molecule has 0 radical (unpaired) electrons. The van der Waals surface area contributed by atoms with Gasteiger partial charge in [0.1, 0.15) is 6.04 Å². The van der Waals surface area contributed by atoms with Crippen LogP contribution in [-0.4, -0.2) is 29.9 Å². The minimum absolute atomic E-state index is 0. The third kappa shape index (κ3) is 4.48. The van der Waals surface area contributed by atoms with Crippen LogP contribution in [0.4, 0.5) is 5.69 Å². The van der Waals surface area contributed by atoms with Crippen LogP contribution in [0.5, 0.6) is 0 Å². The summed E-state index contributed by atoms with van der Waals surface area (Å²) in [6, 6.07) is 9.16. The molecule has 4 atom stereocenters. The molecule has 2 unspecified atom stereocenters. The molecule has 3 N–H and O–H groups in total. The molecule has 2 saturated heterocycles. The van der Waals surface area contributed by atoms with Crippen LogP contribution in [0.25, 0.3) is 0 Å². The largest absolute Gasteiger partial charge is 0.374 e. The maximum absolute atomic E-state index is 11.8. The van der Waals surface area contributed by atoms with E-state index in [9.17, 15) is 9.59 Å². The Morgan fingerprint density at radius 1 is 1.04 bits per heavy atom. The van der Waals surface area contributed by atoms with Crippen molar-refractivity contribution in [2.75, 3.05) is 5.32 Å². The summed E-state index contributed by atoms with van der Waals surface area (Å²) in [4.78, 5) is 23.0. The zero-order valence-corrected chi connectivity index (χ0v) is 15.0. The number of anilines is 1. The molecular weight excluding hydrogens is 326 g/mol. The smallest absolute Gasteiger partial charge is 0.249 e. The molecule has 0 spiro atoms. The molecule has 2 fully saturated rings. The fraction of sp³-hybridized carbons (Fsp3) is 0.556. The number of nitrogens with one attached hydrogen (secondary N) is 3. The van der Waals surface area contributed by atoms with Crippen molar-refractivity contribution in [1.29, 1.82) is 0 Å². The third-order valence-electron chi connectivity index (χ3n) is 4.81. The fourth-order valence-corrected chi connectivity index (χ4v) is 3.73. The van der Waals surface area contributed by atoms with Crippen molar-refractivity contribution in [3.8, 4) is 0 Å². The first-order valence-corrected chi connectivity index (χ1v) is 8.47. The zero-order valence-electron chi connectivity index (χ0n) is 14.2. The molecule has 0 bridgehead atoms. The molecule has 132 valence electrons. The summed E-state index contributed by atoms with van der Waals surface area (Å²) in [6.07, 6.45) is 3.26. The summed E-state index contributed by atoms with van der Waals surface area (Å²) in [5.41, 5.74) is 2.29. The van der Waals surface area contributed by atoms with Gasteiger partial charge in [0.2, 0.25) is 11.8 Å². The summed E-state index contributed by atoms with van der Waals surface area (Å²) in [7, 11) is 0. The molecule has 0 saturated carbocycles. The van der Waals surface area contributed by atoms with E-state index in [-0.39, 0.29) is 30.3 Å². The Labute approximate surface area is 149 Å². The number of benzene rings is 1. The molecule has 1 aromatic carbocycles. The minimum atomic E-state index is -0.322. The van der Waals surface area contributed by atoms with Gasteiger partial charge in [-0.05, 0) is 56.7 Å². The SMILES string of the molecule is C[C@@H]1CC(c2ccc(NC3CCC(=O)NC3=O)cc2)C[C@H](C)N1.Cl. The van der Waals surface area contributed by atoms with Crippen molar-refractivity contribution >= 4 is 29.9 Å². The van der Waals surface area contributed by atoms with Crippen molar-refractivity contribution < 1.29 is 9.59 Å². The number of rotatable bonds is 3. The van der Waals surface area contributed by atoms with Crippen molar-refractivity contribution in [1.82, 2.24) is 10.6 Å². The summed E-state index contributed by atoms with van der Waals surface area (Å²) in [5.74, 6) is 0.176. The van der Waals surface area contributed by atoms with Gasteiger partial charge in [0.15, 0.2) is 0 Å². The maximum Gasteiger partial charge on any atom is 0.249 e. The molecule has 5 nitrogen and oxygen atoms in total. The van der Waals surface area contributed by atoms with Gasteiger partial charge in [-0.25, -0.2) is 0 Å². The van der Waals surface area contributed by atoms with Crippen LogP contribution in [0, 0.1) is 0 Å². The summed E-state index contributed by atoms with van der Waals surface area (Å²) in [5, 5.41) is 9.17. The normalized spacial score (nSPS) is 30.2.